The van der Waals surface area contributed by atoms with E-state index >= 15 is 0 Å². The van der Waals surface area contributed by atoms with E-state index in [-0.39, 0.29) is 16.5 Å². The predicted molar refractivity (Wildman–Crippen MR) is 94.5 cm³/mol. The summed E-state index contributed by atoms with van der Waals surface area (Å²) in [5, 5.41) is 20.9. The number of amides is 1. The van der Waals surface area contributed by atoms with Crippen LogP contribution in [-0.2, 0) is 29.1 Å². The first-order valence-corrected chi connectivity index (χ1v) is 8.98. The molecule has 2 aromatic rings. The minimum atomic E-state index is -1.64. The van der Waals surface area contributed by atoms with Crippen molar-refractivity contribution in [3.63, 3.8) is 0 Å². The maximum Gasteiger partial charge on any atom is 0.394 e. The predicted octanol–water partition coefficient (Wildman–Crippen LogP) is 2.12. The molecule has 7 nitrogen and oxygen atoms in total. The van der Waals surface area contributed by atoms with Crippen molar-refractivity contribution in [1.82, 2.24) is 4.90 Å². The van der Waals surface area contributed by atoms with Gasteiger partial charge in [-0.2, -0.15) is 0 Å². The molecule has 1 aromatic carbocycles. The zero-order valence-electron chi connectivity index (χ0n) is 13.7. The Bertz CT molecular complexity index is 936. The van der Waals surface area contributed by atoms with E-state index in [1.54, 1.807) is 0 Å². The number of rotatable bonds is 2. The van der Waals surface area contributed by atoms with Crippen molar-refractivity contribution in [2.75, 3.05) is 11.9 Å². The second-order valence-electron chi connectivity index (χ2n) is 6.55. The molecule has 0 fully saturated rings. The van der Waals surface area contributed by atoms with E-state index in [4.69, 9.17) is 5.11 Å². The quantitative estimate of drug-likeness (QED) is 0.697. The molecule has 3 N–H and O–H groups in total. The van der Waals surface area contributed by atoms with Crippen molar-refractivity contribution < 1.29 is 24.6 Å². The van der Waals surface area contributed by atoms with Crippen LogP contribution in [-0.4, -0.2) is 39.5 Å². The zero-order chi connectivity index (χ0) is 18.4. The monoisotopic (exact) mass is 372 g/mol. The van der Waals surface area contributed by atoms with Crippen LogP contribution in [0.5, 0.6) is 0 Å². The molecule has 2 aliphatic heterocycles. The summed E-state index contributed by atoms with van der Waals surface area (Å²) < 4.78 is 0. The number of hydrogen-bond donors (Lipinski definition) is 3. The fourth-order valence-electron chi connectivity index (χ4n) is 3.87. The maximum absolute atomic E-state index is 11.9. The number of carbonyl (C=O) groups is 3. The Morgan fingerprint density at radius 2 is 1.85 bits per heavy atom. The number of benzene rings is 1. The van der Waals surface area contributed by atoms with Gasteiger partial charge in [-0.05, 0) is 23.1 Å². The summed E-state index contributed by atoms with van der Waals surface area (Å²) in [5.74, 6) is -4.01. The second-order valence-corrected chi connectivity index (χ2v) is 7.65. The van der Waals surface area contributed by atoms with Crippen molar-refractivity contribution in [3.05, 3.63) is 51.4 Å². The molecule has 134 valence electrons. The lowest BCUT2D eigenvalue weighted by Gasteiger charge is -2.30. The Morgan fingerprint density at radius 1 is 1.12 bits per heavy atom. The summed E-state index contributed by atoms with van der Waals surface area (Å²) in [6.45, 7) is 2.13. The standard InChI is InChI=1S/C18H16N2O5S/c21-15(18(24)25)19-16-14(17(22)23)13-11-5-9-3-1-2-4-10(9)6-20(7-11)8-12(13)26-16/h1-4,11H,5-8H2,(H,19,21)(H,22,23)(H,24,25). The Morgan fingerprint density at radius 3 is 2.54 bits per heavy atom. The molecule has 4 rings (SSSR count). The van der Waals surface area contributed by atoms with Gasteiger partial charge in [0.15, 0.2) is 0 Å². The SMILES string of the molecule is O=C(O)C(=O)Nc1sc2c(c1C(=O)O)C1Cc3ccccc3CN(C2)C1. The lowest BCUT2D eigenvalue weighted by atomic mass is 9.87. The van der Waals surface area contributed by atoms with Crippen molar-refractivity contribution in [2.45, 2.75) is 25.4 Å². The Labute approximate surface area is 152 Å². The average Bonchev–Trinajstić information content (AvgIpc) is 2.86. The molecule has 0 saturated carbocycles. The summed E-state index contributed by atoms with van der Waals surface area (Å²) >= 11 is 1.16. The van der Waals surface area contributed by atoms with Gasteiger partial charge in [-0.1, -0.05) is 24.3 Å². The molecule has 3 heterocycles. The van der Waals surface area contributed by atoms with Gasteiger partial charge in [0.25, 0.3) is 0 Å². The maximum atomic E-state index is 11.9. The summed E-state index contributed by atoms with van der Waals surface area (Å²) in [4.78, 5) is 37.4. The van der Waals surface area contributed by atoms with Gasteiger partial charge in [0.2, 0.25) is 0 Å². The van der Waals surface area contributed by atoms with Crippen molar-refractivity contribution >= 4 is 34.2 Å². The number of hydrogen-bond acceptors (Lipinski definition) is 5. The van der Waals surface area contributed by atoms with Crippen molar-refractivity contribution in [1.29, 1.82) is 0 Å². The molecule has 0 aliphatic carbocycles. The Kier molecular flexibility index (Phi) is 4.01. The van der Waals surface area contributed by atoms with Gasteiger partial charge in [0.1, 0.15) is 5.00 Å². The largest absolute Gasteiger partial charge is 0.478 e. The number of thiophene rings is 1. The summed E-state index contributed by atoms with van der Waals surface area (Å²) in [6.07, 6.45) is 0.725. The van der Waals surface area contributed by atoms with Gasteiger partial charge >= 0.3 is 17.8 Å². The van der Waals surface area contributed by atoms with Crippen LogP contribution in [0, 0.1) is 0 Å². The van der Waals surface area contributed by atoms with Crippen molar-refractivity contribution in [2.24, 2.45) is 0 Å². The van der Waals surface area contributed by atoms with Gasteiger partial charge in [-0.15, -0.1) is 11.3 Å². The molecule has 2 unspecified atom stereocenters. The lowest BCUT2D eigenvalue weighted by Crippen LogP contribution is -2.31. The third-order valence-electron chi connectivity index (χ3n) is 4.89. The zero-order valence-corrected chi connectivity index (χ0v) is 14.5. The van der Waals surface area contributed by atoms with Crippen LogP contribution in [0.2, 0.25) is 0 Å². The fraction of sp³-hybridized carbons (Fsp3) is 0.278. The van der Waals surface area contributed by atoms with E-state index in [2.05, 4.69) is 22.3 Å². The lowest BCUT2D eigenvalue weighted by molar-refractivity contribution is -0.147. The number of anilines is 1. The minimum Gasteiger partial charge on any atom is -0.478 e. The van der Waals surface area contributed by atoms with Crippen LogP contribution < -0.4 is 5.32 Å². The van der Waals surface area contributed by atoms with E-state index in [1.807, 2.05) is 12.1 Å². The van der Waals surface area contributed by atoms with E-state index in [9.17, 15) is 19.5 Å². The van der Waals surface area contributed by atoms with E-state index in [0.29, 0.717) is 6.54 Å². The topological polar surface area (TPSA) is 107 Å². The number of carboxylic acid groups (broad SMARTS) is 2. The molecule has 1 amide bonds. The summed E-state index contributed by atoms with van der Waals surface area (Å²) in [5.41, 5.74) is 3.22. The van der Waals surface area contributed by atoms with Crippen LogP contribution >= 0.6 is 11.3 Å². The first-order valence-electron chi connectivity index (χ1n) is 8.16. The highest BCUT2D eigenvalue weighted by atomic mass is 32.1. The average molecular weight is 372 g/mol. The second kappa shape index (κ2) is 6.22. The molecular formula is C18H16N2O5S. The highest BCUT2D eigenvalue weighted by molar-refractivity contribution is 7.17. The molecule has 26 heavy (non-hydrogen) atoms. The van der Waals surface area contributed by atoms with Gasteiger partial charge in [0, 0.05) is 30.4 Å². The molecule has 8 heteroatoms. The van der Waals surface area contributed by atoms with Gasteiger partial charge in [0.05, 0.1) is 5.56 Å². The third kappa shape index (κ3) is 2.77. The summed E-state index contributed by atoms with van der Waals surface area (Å²) in [7, 11) is 0. The highest BCUT2D eigenvalue weighted by Gasteiger charge is 2.36. The van der Waals surface area contributed by atoms with E-state index in [0.717, 1.165) is 41.3 Å². The smallest absolute Gasteiger partial charge is 0.394 e. The number of aliphatic carboxylic acids is 1. The van der Waals surface area contributed by atoms with E-state index < -0.39 is 17.8 Å². The normalized spacial score (nSPS) is 20.5. The number of fused-ring (bicyclic) bond motifs is 5. The molecular weight excluding hydrogens is 356 g/mol. The first kappa shape index (κ1) is 16.7. The van der Waals surface area contributed by atoms with Gasteiger partial charge in [-0.25, -0.2) is 9.59 Å². The number of carbonyl (C=O) groups excluding carboxylic acids is 1. The van der Waals surface area contributed by atoms with Crippen LogP contribution in [0.3, 0.4) is 0 Å². The number of carboxylic acids is 2. The van der Waals surface area contributed by atoms with Crippen LogP contribution in [0.4, 0.5) is 5.00 Å². The minimum absolute atomic E-state index is 0.000213. The van der Waals surface area contributed by atoms with Crippen molar-refractivity contribution in [3.8, 4) is 0 Å². The summed E-state index contributed by atoms with van der Waals surface area (Å²) in [6, 6.07) is 8.15. The van der Waals surface area contributed by atoms with E-state index in [1.165, 1.54) is 11.1 Å². The molecule has 2 atom stereocenters. The molecule has 0 spiro atoms. The van der Waals surface area contributed by atoms with Crippen LogP contribution in [0.25, 0.3) is 0 Å². The molecule has 2 bridgehead atoms. The fourth-order valence-corrected chi connectivity index (χ4v) is 5.19. The highest BCUT2D eigenvalue weighted by Crippen LogP contribution is 2.44. The molecule has 0 saturated heterocycles. The first-order chi connectivity index (χ1) is 12.4. The van der Waals surface area contributed by atoms with Gasteiger partial charge in [-0.3, -0.25) is 9.69 Å². The Balaban J connectivity index is 1.79. The Hall–Kier alpha value is -2.71. The molecule has 2 aliphatic rings. The third-order valence-corrected chi connectivity index (χ3v) is 6.00. The number of aromatic carboxylic acids is 1. The van der Waals surface area contributed by atoms with Gasteiger partial charge < -0.3 is 15.5 Å². The van der Waals surface area contributed by atoms with Crippen LogP contribution in [0.1, 0.15) is 37.8 Å². The number of nitrogens with zero attached hydrogens (tertiary/aromatic N) is 1. The van der Waals surface area contributed by atoms with Crippen LogP contribution in [0.15, 0.2) is 24.3 Å². The number of nitrogens with one attached hydrogen (secondary N) is 1. The molecule has 1 aromatic heterocycles. The molecule has 0 radical (unpaired) electrons.